The Bertz CT molecular complexity index is 7.51. The van der Waals surface area contributed by atoms with E-state index in [0.29, 0.717) is 0 Å². The van der Waals surface area contributed by atoms with Crippen LogP contribution in [0.2, 0.25) is 0 Å². The molecule has 0 amide bonds. The zero-order chi connectivity index (χ0) is 0. The Morgan fingerprint density at radius 1 is 0.500 bits per heavy atom. The van der Waals surface area contributed by atoms with Gasteiger partial charge in [0.2, 0.25) is 0 Å². The number of rotatable bonds is 0. The van der Waals surface area contributed by atoms with Gasteiger partial charge < -0.3 is 21.9 Å². The van der Waals surface area contributed by atoms with Crippen molar-refractivity contribution in [2.75, 3.05) is 0 Å². The summed E-state index contributed by atoms with van der Waals surface area (Å²) in [6.45, 7) is 0. The van der Waals surface area contributed by atoms with Crippen molar-refractivity contribution in [1.29, 1.82) is 0 Å². The van der Waals surface area contributed by atoms with Crippen molar-refractivity contribution in [3.63, 3.8) is 0 Å². The van der Waals surface area contributed by atoms with Gasteiger partial charge in [-0.2, -0.15) is 0 Å². The predicted octanol–water partition coefficient (Wildman–Crippen LogP) is -3.71. The minimum Gasteiger partial charge on any atom is -0.870 e. The maximum atomic E-state index is 0. The molecule has 0 radical (unpaired) electrons. The van der Waals surface area contributed by atoms with E-state index >= 15 is 0 Å². The Morgan fingerprint density at radius 2 is 0.500 bits per heavy atom. The summed E-state index contributed by atoms with van der Waals surface area (Å²) in [6, 6.07) is 0. The molecule has 6 heteroatoms. The largest absolute Gasteiger partial charge is 3.00 e. The van der Waals surface area contributed by atoms with E-state index in [9.17, 15) is 0 Å². The van der Waals surface area contributed by atoms with E-state index in [1.165, 1.54) is 0 Å². The number of hydrogen-bond donors (Lipinski definition) is 0. The molecule has 0 aliphatic carbocycles. The average molecular weight is 288 g/mol. The van der Waals surface area contributed by atoms with Crippen molar-refractivity contribution < 1.29 is 73.8 Å². The molecule has 4 nitrogen and oxygen atoms in total. The normalized spacial score (nSPS) is 0. The Morgan fingerprint density at radius 3 is 0.500 bits per heavy atom. The first kappa shape index (κ1) is 131. The monoisotopic (exact) mass is 288 g/mol. The zero-order valence-corrected chi connectivity index (χ0v) is 7.26. The van der Waals surface area contributed by atoms with Gasteiger partial charge in [-0.05, 0) is 0 Å². The topological polar surface area (TPSA) is 120 Å². The van der Waals surface area contributed by atoms with Gasteiger partial charge in [0.05, 0.1) is 0 Å². The van der Waals surface area contributed by atoms with Crippen LogP contribution in [0.3, 0.4) is 0 Å². The van der Waals surface area contributed by atoms with Gasteiger partial charge >= 0.3 is 51.9 Å². The van der Waals surface area contributed by atoms with Crippen LogP contribution in [0, 0.1) is 0 Å². The first-order chi connectivity index (χ1) is 0. The molecule has 4 N–H and O–H groups in total. The fraction of sp³-hybridized carbons (Fsp3) is 0. The van der Waals surface area contributed by atoms with Crippen LogP contribution in [0.15, 0.2) is 0 Å². The molecular formula is H4AuNaO4. The fourth-order valence-electron chi connectivity index (χ4n) is 0. The summed E-state index contributed by atoms with van der Waals surface area (Å²) in [4.78, 5) is 0. The smallest absolute Gasteiger partial charge is 0.870 e. The summed E-state index contributed by atoms with van der Waals surface area (Å²) in [6.07, 6.45) is 0. The molecule has 0 unspecified atom stereocenters. The van der Waals surface area contributed by atoms with Crippen molar-refractivity contribution in [3.05, 3.63) is 0 Å². The van der Waals surface area contributed by atoms with Crippen molar-refractivity contribution in [3.8, 4) is 0 Å². The molecule has 0 heterocycles. The van der Waals surface area contributed by atoms with Gasteiger partial charge in [-0.3, -0.25) is 0 Å². The molecule has 0 aliphatic heterocycles. The van der Waals surface area contributed by atoms with E-state index in [4.69, 9.17) is 0 Å². The molecule has 6 heavy (non-hydrogen) atoms. The molecule has 0 atom stereocenters. The second-order valence-corrected chi connectivity index (χ2v) is 0. The third kappa shape index (κ3) is 46.9. The molecule has 0 saturated carbocycles. The van der Waals surface area contributed by atoms with Crippen molar-refractivity contribution in [2.24, 2.45) is 0 Å². The fourth-order valence-corrected chi connectivity index (χ4v) is 0. The van der Waals surface area contributed by atoms with Crippen LogP contribution in [0.5, 0.6) is 0 Å². The SMILES string of the molecule is [Au+3].[Na+].[OH-].[OH-].[OH-].[OH-]. The van der Waals surface area contributed by atoms with Gasteiger partial charge in [0.15, 0.2) is 0 Å². The van der Waals surface area contributed by atoms with Crippen LogP contribution in [0.1, 0.15) is 0 Å². The summed E-state index contributed by atoms with van der Waals surface area (Å²) in [7, 11) is 0. The summed E-state index contributed by atoms with van der Waals surface area (Å²) in [5.74, 6) is 0. The van der Waals surface area contributed by atoms with Gasteiger partial charge in [-0.1, -0.05) is 0 Å². The van der Waals surface area contributed by atoms with E-state index in [2.05, 4.69) is 0 Å². The van der Waals surface area contributed by atoms with Gasteiger partial charge in [-0.25, -0.2) is 0 Å². The maximum absolute atomic E-state index is 0. The van der Waals surface area contributed by atoms with Crippen molar-refractivity contribution in [1.82, 2.24) is 0 Å². The van der Waals surface area contributed by atoms with Gasteiger partial charge in [0.25, 0.3) is 0 Å². The van der Waals surface area contributed by atoms with Crippen LogP contribution in [-0.4, -0.2) is 21.9 Å². The molecule has 0 aromatic carbocycles. The van der Waals surface area contributed by atoms with Gasteiger partial charge in [-0.15, -0.1) is 0 Å². The van der Waals surface area contributed by atoms with E-state index < -0.39 is 0 Å². The molecule has 0 aliphatic rings. The first-order valence-corrected chi connectivity index (χ1v) is 0. The van der Waals surface area contributed by atoms with E-state index in [1.807, 2.05) is 0 Å². The standard InChI is InChI=1S/Au.Na.4H2O/h;;4*1H2/q+3;+1;;;;/p-4. The van der Waals surface area contributed by atoms with Crippen LogP contribution < -0.4 is 29.6 Å². The molecule has 40 valence electrons. The van der Waals surface area contributed by atoms with E-state index in [1.54, 1.807) is 0 Å². The maximum Gasteiger partial charge on any atom is 3.00 e. The quantitative estimate of drug-likeness (QED) is 0.426. The minimum absolute atomic E-state index is 0. The van der Waals surface area contributed by atoms with Gasteiger partial charge in [0.1, 0.15) is 0 Å². The molecule has 0 aromatic heterocycles. The van der Waals surface area contributed by atoms with Crippen molar-refractivity contribution in [2.45, 2.75) is 0 Å². The second-order valence-electron chi connectivity index (χ2n) is 0. The first-order valence-electron chi connectivity index (χ1n) is 0. The van der Waals surface area contributed by atoms with E-state index in [-0.39, 0.29) is 73.8 Å². The summed E-state index contributed by atoms with van der Waals surface area (Å²) < 4.78 is 0. The predicted molar refractivity (Wildman–Crippen MR) is 7.74 cm³/mol. The Balaban J connectivity index is 0. The molecule has 0 aromatic rings. The van der Waals surface area contributed by atoms with E-state index in [0.717, 1.165) is 0 Å². The third-order valence-electron chi connectivity index (χ3n) is 0. The van der Waals surface area contributed by atoms with Gasteiger partial charge in [0, 0.05) is 0 Å². The average Bonchev–Trinajstić information content (AvgIpc) is 0. The Kier molecular flexibility index (Phi) is 1800. The Hall–Kier alpha value is 1.58. The number of hydrogen-bond acceptors (Lipinski definition) is 4. The summed E-state index contributed by atoms with van der Waals surface area (Å²) >= 11 is 0. The summed E-state index contributed by atoms with van der Waals surface area (Å²) in [5.41, 5.74) is 0. The van der Waals surface area contributed by atoms with Crippen LogP contribution in [-0.2, 0) is 22.4 Å². The third-order valence-corrected chi connectivity index (χ3v) is 0. The molecule has 0 bridgehead atoms. The van der Waals surface area contributed by atoms with Crippen LogP contribution in [0.4, 0.5) is 0 Å². The van der Waals surface area contributed by atoms with Crippen LogP contribution >= 0.6 is 0 Å². The molecule has 0 spiro atoms. The molecule has 0 rings (SSSR count). The minimum atomic E-state index is 0. The molecule has 0 saturated heterocycles. The van der Waals surface area contributed by atoms with Crippen molar-refractivity contribution >= 4 is 0 Å². The zero-order valence-electron chi connectivity index (χ0n) is 3.09. The molecule has 0 fully saturated rings. The molecular weight excluding hydrogens is 284 g/mol. The Labute approximate surface area is 73.3 Å². The second kappa shape index (κ2) is 82.1. The van der Waals surface area contributed by atoms with Crippen LogP contribution in [0.25, 0.3) is 0 Å². The summed E-state index contributed by atoms with van der Waals surface area (Å²) in [5, 5.41) is 0.